The quantitative estimate of drug-likeness (QED) is 0.831. The van der Waals surface area contributed by atoms with Crippen LogP contribution in [-0.4, -0.2) is 42.9 Å². The third kappa shape index (κ3) is 3.14. The van der Waals surface area contributed by atoms with Gasteiger partial charge in [-0.1, -0.05) is 30.3 Å². The standard InChI is InChI=1S/C22H31N3O/c1-20(2,16-23)19(26)25-15-14-21(17-25)10-12-22(13-11-21,24(3)4)18-8-6-5-7-9-18/h5-9H,10-15,17H2,1-4H3. The molecule has 1 amide bonds. The van der Waals surface area contributed by atoms with Crippen molar-refractivity contribution in [3.63, 3.8) is 0 Å². The summed E-state index contributed by atoms with van der Waals surface area (Å²) in [5, 5.41) is 9.28. The van der Waals surface area contributed by atoms with Crippen molar-refractivity contribution in [2.24, 2.45) is 10.8 Å². The molecule has 2 aliphatic rings. The van der Waals surface area contributed by atoms with Crippen LogP contribution in [0.25, 0.3) is 0 Å². The fourth-order valence-corrected chi connectivity index (χ4v) is 4.90. The van der Waals surface area contributed by atoms with E-state index in [1.54, 1.807) is 13.8 Å². The van der Waals surface area contributed by atoms with Crippen molar-refractivity contribution in [3.05, 3.63) is 35.9 Å². The monoisotopic (exact) mass is 353 g/mol. The highest BCUT2D eigenvalue weighted by Gasteiger charge is 2.49. The first-order valence-electron chi connectivity index (χ1n) is 9.68. The van der Waals surface area contributed by atoms with E-state index >= 15 is 0 Å². The number of rotatable bonds is 3. The summed E-state index contributed by atoms with van der Waals surface area (Å²) in [6, 6.07) is 13.0. The largest absolute Gasteiger partial charge is 0.341 e. The summed E-state index contributed by atoms with van der Waals surface area (Å²) in [6.45, 7) is 5.07. The lowest BCUT2D eigenvalue weighted by atomic mass is 9.64. The van der Waals surface area contributed by atoms with Crippen LogP contribution in [0.15, 0.2) is 30.3 Å². The first kappa shape index (κ1) is 18.9. The second kappa shape index (κ2) is 6.70. The van der Waals surface area contributed by atoms with Gasteiger partial charge in [0.25, 0.3) is 0 Å². The molecule has 1 saturated heterocycles. The fourth-order valence-electron chi connectivity index (χ4n) is 4.90. The molecule has 3 rings (SSSR count). The second-order valence-electron chi connectivity index (χ2n) is 9.01. The molecule has 140 valence electrons. The molecule has 0 N–H and O–H groups in total. The van der Waals surface area contributed by atoms with E-state index in [0.717, 1.165) is 45.2 Å². The van der Waals surface area contributed by atoms with E-state index < -0.39 is 5.41 Å². The number of nitrogens with zero attached hydrogens (tertiary/aromatic N) is 3. The molecule has 0 unspecified atom stereocenters. The SMILES string of the molecule is CN(C)C1(c2ccccc2)CCC2(CCN(C(=O)C(C)(C)C#N)C2)CC1. The third-order valence-electron chi connectivity index (χ3n) is 6.84. The minimum absolute atomic E-state index is 0.00983. The zero-order valence-electron chi connectivity index (χ0n) is 16.6. The van der Waals surface area contributed by atoms with Crippen LogP contribution in [0.4, 0.5) is 0 Å². The Kier molecular flexibility index (Phi) is 4.88. The fraction of sp³-hybridized carbons (Fsp3) is 0.636. The van der Waals surface area contributed by atoms with Gasteiger partial charge in [0.1, 0.15) is 5.41 Å². The molecule has 1 spiro atoms. The molecule has 1 aliphatic carbocycles. The van der Waals surface area contributed by atoms with Crippen LogP contribution in [0, 0.1) is 22.2 Å². The molecule has 0 aromatic heterocycles. The van der Waals surface area contributed by atoms with Gasteiger partial charge >= 0.3 is 0 Å². The summed E-state index contributed by atoms with van der Waals surface area (Å²) in [6.07, 6.45) is 5.58. The number of carbonyl (C=O) groups is 1. The number of nitriles is 1. The Hall–Kier alpha value is -1.86. The third-order valence-corrected chi connectivity index (χ3v) is 6.84. The second-order valence-corrected chi connectivity index (χ2v) is 9.01. The van der Waals surface area contributed by atoms with Gasteiger partial charge < -0.3 is 4.90 Å². The number of amides is 1. The summed E-state index contributed by atoms with van der Waals surface area (Å²) in [5.41, 5.74) is 0.805. The van der Waals surface area contributed by atoms with Crippen LogP contribution >= 0.6 is 0 Å². The Balaban J connectivity index is 1.74. The molecule has 1 heterocycles. The van der Waals surface area contributed by atoms with E-state index in [-0.39, 0.29) is 16.9 Å². The lowest BCUT2D eigenvalue weighted by molar-refractivity contribution is -0.137. The minimum Gasteiger partial charge on any atom is -0.341 e. The van der Waals surface area contributed by atoms with Crippen LogP contribution in [0.5, 0.6) is 0 Å². The number of likely N-dealkylation sites (tertiary alicyclic amines) is 1. The molecule has 4 heteroatoms. The molecule has 2 fully saturated rings. The van der Waals surface area contributed by atoms with Crippen molar-refractivity contribution < 1.29 is 4.79 Å². The lowest BCUT2D eigenvalue weighted by Crippen LogP contribution is -2.48. The van der Waals surface area contributed by atoms with Crippen molar-refractivity contribution in [1.82, 2.24) is 9.80 Å². The van der Waals surface area contributed by atoms with Crippen molar-refractivity contribution in [2.45, 2.75) is 51.5 Å². The Bertz CT molecular complexity index is 694. The van der Waals surface area contributed by atoms with E-state index in [4.69, 9.17) is 0 Å². The molecule has 0 radical (unpaired) electrons. The van der Waals surface area contributed by atoms with Crippen LogP contribution < -0.4 is 0 Å². The number of carbonyl (C=O) groups excluding carboxylic acids is 1. The van der Waals surface area contributed by atoms with Gasteiger partial charge in [-0.15, -0.1) is 0 Å². The first-order chi connectivity index (χ1) is 12.2. The van der Waals surface area contributed by atoms with Crippen LogP contribution in [0.1, 0.15) is 51.5 Å². The van der Waals surface area contributed by atoms with Gasteiger partial charge in [-0.05, 0) is 71.0 Å². The van der Waals surface area contributed by atoms with Crippen molar-refractivity contribution in [3.8, 4) is 6.07 Å². The highest BCUT2D eigenvalue weighted by atomic mass is 16.2. The zero-order chi connectivity index (χ0) is 19.0. The number of hydrogen-bond donors (Lipinski definition) is 0. The van der Waals surface area contributed by atoms with Crippen LogP contribution in [-0.2, 0) is 10.3 Å². The Labute approximate surface area is 157 Å². The van der Waals surface area contributed by atoms with E-state index in [0.29, 0.717) is 0 Å². The maximum atomic E-state index is 12.7. The summed E-state index contributed by atoms with van der Waals surface area (Å²) in [5.74, 6) is -0.00983. The molecular weight excluding hydrogens is 322 g/mol. The normalized spacial score (nSPS) is 29.2. The number of benzene rings is 1. The molecule has 1 aliphatic heterocycles. The average molecular weight is 354 g/mol. The predicted molar refractivity (Wildman–Crippen MR) is 103 cm³/mol. The molecule has 1 saturated carbocycles. The Morgan fingerprint density at radius 1 is 1.12 bits per heavy atom. The maximum absolute atomic E-state index is 12.7. The lowest BCUT2D eigenvalue weighted by Gasteiger charge is -2.49. The summed E-state index contributed by atoms with van der Waals surface area (Å²) < 4.78 is 0. The topological polar surface area (TPSA) is 47.3 Å². The molecule has 1 aromatic carbocycles. The van der Waals surface area contributed by atoms with Crippen LogP contribution in [0.3, 0.4) is 0 Å². The van der Waals surface area contributed by atoms with Gasteiger partial charge in [0, 0.05) is 18.6 Å². The van der Waals surface area contributed by atoms with E-state index in [1.807, 2.05) is 4.90 Å². The minimum atomic E-state index is -0.919. The number of hydrogen-bond acceptors (Lipinski definition) is 3. The summed E-state index contributed by atoms with van der Waals surface area (Å²) in [7, 11) is 4.37. The van der Waals surface area contributed by atoms with Gasteiger partial charge in [0.05, 0.1) is 6.07 Å². The molecule has 0 bridgehead atoms. The average Bonchev–Trinajstić information content (AvgIpc) is 3.06. The van der Waals surface area contributed by atoms with Gasteiger partial charge in [-0.3, -0.25) is 9.69 Å². The highest BCUT2D eigenvalue weighted by Crippen LogP contribution is 2.52. The highest BCUT2D eigenvalue weighted by molar-refractivity contribution is 5.84. The molecular formula is C22H31N3O. The first-order valence-corrected chi connectivity index (χ1v) is 9.68. The van der Waals surface area contributed by atoms with Gasteiger partial charge in [0.15, 0.2) is 0 Å². The van der Waals surface area contributed by atoms with Gasteiger partial charge in [-0.25, -0.2) is 0 Å². The molecule has 1 aromatic rings. The van der Waals surface area contributed by atoms with Crippen molar-refractivity contribution in [2.75, 3.05) is 27.2 Å². The van der Waals surface area contributed by atoms with E-state index in [2.05, 4.69) is 55.4 Å². The maximum Gasteiger partial charge on any atom is 0.242 e. The molecule has 4 nitrogen and oxygen atoms in total. The van der Waals surface area contributed by atoms with Gasteiger partial charge in [-0.2, -0.15) is 5.26 Å². The van der Waals surface area contributed by atoms with E-state index in [9.17, 15) is 10.1 Å². The summed E-state index contributed by atoms with van der Waals surface area (Å²) >= 11 is 0. The summed E-state index contributed by atoms with van der Waals surface area (Å²) in [4.78, 5) is 17.0. The van der Waals surface area contributed by atoms with Crippen LogP contribution in [0.2, 0.25) is 0 Å². The van der Waals surface area contributed by atoms with E-state index in [1.165, 1.54) is 5.56 Å². The smallest absolute Gasteiger partial charge is 0.242 e. The van der Waals surface area contributed by atoms with Crippen molar-refractivity contribution >= 4 is 5.91 Å². The zero-order valence-corrected chi connectivity index (χ0v) is 16.6. The molecule has 26 heavy (non-hydrogen) atoms. The Morgan fingerprint density at radius 2 is 1.73 bits per heavy atom. The Morgan fingerprint density at radius 3 is 2.27 bits per heavy atom. The predicted octanol–water partition coefficient (Wildman–Crippen LogP) is 3.79. The van der Waals surface area contributed by atoms with Gasteiger partial charge in [0.2, 0.25) is 5.91 Å². The molecule has 0 atom stereocenters. The van der Waals surface area contributed by atoms with Crippen molar-refractivity contribution in [1.29, 1.82) is 5.26 Å².